The number of imidazole rings is 1. The number of carbonyl (C=O) groups is 2. The molecule has 2 amide bonds. The highest BCUT2D eigenvalue weighted by atomic mass is 35.5. The van der Waals surface area contributed by atoms with Gasteiger partial charge in [0.25, 0.3) is 5.91 Å². The minimum absolute atomic E-state index is 0.0108. The van der Waals surface area contributed by atoms with Gasteiger partial charge in [-0.3, -0.25) is 14.0 Å². The summed E-state index contributed by atoms with van der Waals surface area (Å²) in [5.41, 5.74) is -1.08. The van der Waals surface area contributed by atoms with Crippen LogP contribution in [-0.2, 0) is 11.0 Å². The molecular weight excluding hydrogens is 449 g/mol. The van der Waals surface area contributed by atoms with Crippen LogP contribution in [0.2, 0.25) is 5.15 Å². The molecule has 7 nitrogen and oxygen atoms in total. The Morgan fingerprint density at radius 3 is 2.56 bits per heavy atom. The SMILES string of the molecule is O=C(c1nc2c(C(F)(F)F)cc(C3CC3)cn2c1Cl)N1CC[C@H](N2CCCC2=O)[C@H](O)C1. The van der Waals surface area contributed by atoms with Gasteiger partial charge >= 0.3 is 6.18 Å². The average Bonchev–Trinajstić information content (AvgIpc) is 3.43. The lowest BCUT2D eigenvalue weighted by Crippen LogP contribution is -2.55. The third-order valence-corrected chi connectivity index (χ3v) is 6.94. The van der Waals surface area contributed by atoms with Crippen molar-refractivity contribution in [2.45, 2.75) is 56.3 Å². The molecule has 2 aliphatic heterocycles. The first kappa shape index (κ1) is 21.5. The van der Waals surface area contributed by atoms with Gasteiger partial charge in [0.1, 0.15) is 5.15 Å². The average molecular weight is 471 g/mol. The van der Waals surface area contributed by atoms with Crippen molar-refractivity contribution in [1.82, 2.24) is 19.2 Å². The number of aliphatic hydroxyl groups is 1. The molecule has 3 aliphatic rings. The van der Waals surface area contributed by atoms with Gasteiger partial charge in [0, 0.05) is 32.3 Å². The van der Waals surface area contributed by atoms with Crippen LogP contribution in [0.4, 0.5) is 13.2 Å². The molecule has 2 aromatic rings. The van der Waals surface area contributed by atoms with E-state index in [1.165, 1.54) is 11.1 Å². The number of rotatable bonds is 3. The quantitative estimate of drug-likeness (QED) is 0.748. The first-order valence-electron chi connectivity index (χ1n) is 10.7. The Balaban J connectivity index is 1.44. The van der Waals surface area contributed by atoms with Gasteiger partial charge in [-0.15, -0.1) is 0 Å². The first-order chi connectivity index (χ1) is 15.1. The summed E-state index contributed by atoms with van der Waals surface area (Å²) in [4.78, 5) is 32.1. The minimum Gasteiger partial charge on any atom is -0.389 e. The fourth-order valence-corrected chi connectivity index (χ4v) is 5.01. The zero-order valence-corrected chi connectivity index (χ0v) is 17.9. The van der Waals surface area contributed by atoms with Crippen molar-refractivity contribution in [3.63, 3.8) is 0 Å². The van der Waals surface area contributed by atoms with Crippen molar-refractivity contribution in [3.8, 4) is 0 Å². The molecule has 3 fully saturated rings. The predicted octanol–water partition coefficient (Wildman–Crippen LogP) is 3.08. The van der Waals surface area contributed by atoms with Crippen LogP contribution >= 0.6 is 11.6 Å². The van der Waals surface area contributed by atoms with Crippen molar-refractivity contribution < 1.29 is 27.9 Å². The van der Waals surface area contributed by atoms with Gasteiger partial charge in [0.15, 0.2) is 11.3 Å². The normalized spacial score (nSPS) is 24.6. The molecule has 1 N–H and O–H groups in total. The number of aliphatic hydroxyl groups excluding tert-OH is 1. The lowest BCUT2D eigenvalue weighted by atomic mass is 10.00. The lowest BCUT2D eigenvalue weighted by molar-refractivity contribution is -0.136. The van der Waals surface area contributed by atoms with E-state index in [0.717, 1.165) is 29.7 Å². The molecule has 5 rings (SSSR count). The molecule has 0 radical (unpaired) electrons. The monoisotopic (exact) mass is 470 g/mol. The standard InChI is InChI=1S/C21H22ClF3N4O3/c22-18-17(20(32)27-7-5-14(15(30)10-27)28-6-1-2-16(28)31)26-19-13(21(23,24)25)8-12(9-29(18)19)11-3-4-11/h8-9,11,14-15,30H,1-7,10H2/t14-,15+/m0/s1. The van der Waals surface area contributed by atoms with E-state index in [-0.39, 0.29) is 41.8 Å². The predicted molar refractivity (Wildman–Crippen MR) is 108 cm³/mol. The van der Waals surface area contributed by atoms with Gasteiger partial charge in [-0.25, -0.2) is 4.98 Å². The molecule has 1 saturated carbocycles. The highest BCUT2D eigenvalue weighted by molar-refractivity contribution is 6.33. The van der Waals surface area contributed by atoms with Crippen LogP contribution in [0.1, 0.15) is 59.6 Å². The highest BCUT2D eigenvalue weighted by Crippen LogP contribution is 2.43. The lowest BCUT2D eigenvalue weighted by Gasteiger charge is -2.40. The van der Waals surface area contributed by atoms with Crippen LogP contribution in [0.3, 0.4) is 0 Å². The molecule has 0 aromatic carbocycles. The number of alkyl halides is 3. The maximum Gasteiger partial charge on any atom is 0.419 e. The van der Waals surface area contributed by atoms with E-state index in [1.54, 1.807) is 4.90 Å². The second-order valence-corrected chi connectivity index (χ2v) is 9.13. The molecule has 2 atom stereocenters. The third kappa shape index (κ3) is 3.63. The Bertz CT molecular complexity index is 1100. The van der Waals surface area contributed by atoms with E-state index in [1.807, 2.05) is 0 Å². The maximum absolute atomic E-state index is 13.7. The number of nitrogens with zero attached hydrogens (tertiary/aromatic N) is 4. The molecule has 11 heteroatoms. The second-order valence-electron chi connectivity index (χ2n) is 8.77. The number of pyridine rings is 1. The number of carbonyl (C=O) groups excluding carboxylic acids is 2. The van der Waals surface area contributed by atoms with Crippen LogP contribution in [0.5, 0.6) is 0 Å². The number of aromatic nitrogens is 2. The molecular formula is C21H22ClF3N4O3. The molecule has 172 valence electrons. The van der Waals surface area contributed by atoms with E-state index in [9.17, 15) is 27.9 Å². The number of piperidine rings is 1. The van der Waals surface area contributed by atoms with E-state index >= 15 is 0 Å². The van der Waals surface area contributed by atoms with Crippen molar-refractivity contribution in [2.24, 2.45) is 0 Å². The molecule has 4 heterocycles. The zero-order chi connectivity index (χ0) is 22.8. The molecule has 1 aliphatic carbocycles. The Labute approximate surface area is 186 Å². The third-order valence-electron chi connectivity index (χ3n) is 6.58. The summed E-state index contributed by atoms with van der Waals surface area (Å²) in [6.45, 7) is 0.779. The summed E-state index contributed by atoms with van der Waals surface area (Å²) in [6, 6.07) is 0.718. The molecule has 2 aromatic heterocycles. The summed E-state index contributed by atoms with van der Waals surface area (Å²) in [5, 5.41) is 10.4. The van der Waals surface area contributed by atoms with Crippen LogP contribution in [-0.4, -0.2) is 67.9 Å². The second kappa shape index (κ2) is 7.62. The number of amides is 2. The zero-order valence-electron chi connectivity index (χ0n) is 17.1. The summed E-state index contributed by atoms with van der Waals surface area (Å²) < 4.78 is 42.2. The van der Waals surface area contributed by atoms with E-state index in [0.29, 0.717) is 24.9 Å². The van der Waals surface area contributed by atoms with E-state index in [2.05, 4.69) is 4.98 Å². The Kier molecular flexibility index (Phi) is 5.12. The molecule has 0 unspecified atom stereocenters. The Hall–Kier alpha value is -2.33. The van der Waals surface area contributed by atoms with E-state index < -0.39 is 29.4 Å². The maximum atomic E-state index is 13.7. The van der Waals surface area contributed by atoms with Gasteiger partial charge in [0.2, 0.25) is 5.91 Å². The van der Waals surface area contributed by atoms with Crippen LogP contribution in [0.15, 0.2) is 12.3 Å². The smallest absolute Gasteiger partial charge is 0.389 e. The summed E-state index contributed by atoms with van der Waals surface area (Å²) >= 11 is 6.35. The van der Waals surface area contributed by atoms with Crippen LogP contribution in [0, 0.1) is 0 Å². The minimum atomic E-state index is -4.64. The van der Waals surface area contributed by atoms with Gasteiger partial charge in [0.05, 0.1) is 17.7 Å². The van der Waals surface area contributed by atoms with E-state index in [4.69, 9.17) is 11.6 Å². The largest absolute Gasteiger partial charge is 0.419 e. The molecule has 32 heavy (non-hydrogen) atoms. The highest BCUT2D eigenvalue weighted by Gasteiger charge is 2.40. The van der Waals surface area contributed by atoms with Crippen molar-refractivity contribution in [2.75, 3.05) is 19.6 Å². The summed E-state index contributed by atoms with van der Waals surface area (Å²) in [7, 11) is 0. The number of halogens is 4. The van der Waals surface area contributed by atoms with Gasteiger partial charge < -0.3 is 14.9 Å². The van der Waals surface area contributed by atoms with Gasteiger partial charge in [-0.05, 0) is 43.2 Å². The van der Waals surface area contributed by atoms with Gasteiger partial charge in [-0.2, -0.15) is 13.2 Å². The Morgan fingerprint density at radius 2 is 1.97 bits per heavy atom. The number of fused-ring (bicyclic) bond motifs is 1. The van der Waals surface area contributed by atoms with Crippen molar-refractivity contribution in [3.05, 3.63) is 34.2 Å². The fraction of sp³-hybridized carbons (Fsp3) is 0.571. The molecule has 0 spiro atoms. The number of likely N-dealkylation sites (tertiary alicyclic amines) is 2. The van der Waals surface area contributed by atoms with Crippen LogP contribution in [0.25, 0.3) is 5.65 Å². The molecule has 0 bridgehead atoms. The number of β-amino-alcohol motifs (C(OH)–C–C–N with tert-alkyl or cyclic N) is 1. The van der Waals surface area contributed by atoms with Crippen molar-refractivity contribution >= 4 is 29.1 Å². The Morgan fingerprint density at radius 1 is 1.22 bits per heavy atom. The van der Waals surface area contributed by atoms with Crippen molar-refractivity contribution in [1.29, 1.82) is 0 Å². The first-order valence-corrected chi connectivity index (χ1v) is 11.1. The van der Waals surface area contributed by atoms with Gasteiger partial charge in [-0.1, -0.05) is 11.6 Å². The fourth-order valence-electron chi connectivity index (χ4n) is 4.76. The topological polar surface area (TPSA) is 78.2 Å². The molecule has 2 saturated heterocycles. The van der Waals surface area contributed by atoms with Crippen LogP contribution < -0.4 is 0 Å². The number of hydrogen-bond donors (Lipinski definition) is 1. The summed E-state index contributed by atoms with van der Waals surface area (Å²) in [6.07, 6.45) is -0.868. The number of hydrogen-bond acceptors (Lipinski definition) is 4. The summed E-state index contributed by atoms with van der Waals surface area (Å²) in [5.74, 6) is -0.589.